The van der Waals surface area contributed by atoms with E-state index in [4.69, 9.17) is 9.26 Å². The van der Waals surface area contributed by atoms with Crippen molar-refractivity contribution in [1.82, 2.24) is 15.4 Å². The molecule has 0 aliphatic carbocycles. The van der Waals surface area contributed by atoms with Crippen LogP contribution in [0.5, 0.6) is 0 Å². The van der Waals surface area contributed by atoms with Gasteiger partial charge in [0.2, 0.25) is 5.91 Å². The topological polar surface area (TPSA) is 87.9 Å². The number of carbonyl (C=O) groups excluding carboxylic acids is 2. The van der Waals surface area contributed by atoms with Crippen molar-refractivity contribution in [1.29, 1.82) is 0 Å². The van der Waals surface area contributed by atoms with Gasteiger partial charge in [0.1, 0.15) is 5.56 Å². The fourth-order valence-corrected chi connectivity index (χ4v) is 3.22. The molecule has 3 heterocycles. The molecule has 0 bridgehead atoms. The standard InChI is InChI=1S/C18H20N4O4/c23-14-12-22(7-6-19-14)18(24)15-16(13-4-2-1-3-5-13)26-20-17(15)21-8-10-25-11-9-21/h1-5H,6-12H2,(H,19,23). The molecule has 2 amide bonds. The Morgan fingerprint density at radius 1 is 1.12 bits per heavy atom. The average molecular weight is 356 g/mol. The molecule has 26 heavy (non-hydrogen) atoms. The van der Waals surface area contributed by atoms with Crippen molar-refractivity contribution in [3.63, 3.8) is 0 Å². The molecule has 2 fully saturated rings. The molecule has 4 rings (SSSR count). The smallest absolute Gasteiger partial charge is 0.262 e. The molecular formula is C18H20N4O4. The third kappa shape index (κ3) is 3.15. The highest BCUT2D eigenvalue weighted by atomic mass is 16.5. The van der Waals surface area contributed by atoms with Gasteiger partial charge in [0, 0.05) is 31.7 Å². The van der Waals surface area contributed by atoms with Crippen LogP contribution in [0.4, 0.5) is 5.82 Å². The number of rotatable bonds is 3. The maximum atomic E-state index is 13.3. The Morgan fingerprint density at radius 2 is 1.88 bits per heavy atom. The van der Waals surface area contributed by atoms with Crippen molar-refractivity contribution >= 4 is 17.6 Å². The second-order valence-electron chi connectivity index (χ2n) is 6.25. The fourth-order valence-electron chi connectivity index (χ4n) is 3.22. The SMILES string of the molecule is O=C1CN(C(=O)c2c(N3CCOCC3)noc2-c2ccccc2)CCN1. The predicted molar refractivity (Wildman–Crippen MR) is 93.9 cm³/mol. The first-order valence-corrected chi connectivity index (χ1v) is 8.68. The third-order valence-corrected chi connectivity index (χ3v) is 4.56. The van der Waals surface area contributed by atoms with Crippen molar-refractivity contribution in [3.8, 4) is 11.3 Å². The fraction of sp³-hybridized carbons (Fsp3) is 0.389. The summed E-state index contributed by atoms with van der Waals surface area (Å²) < 4.78 is 11.0. The summed E-state index contributed by atoms with van der Waals surface area (Å²) in [6.07, 6.45) is 0. The molecule has 0 unspecified atom stereocenters. The van der Waals surface area contributed by atoms with E-state index in [2.05, 4.69) is 10.5 Å². The van der Waals surface area contributed by atoms with Crippen LogP contribution in [-0.4, -0.2) is 67.8 Å². The number of ether oxygens (including phenoxy) is 1. The van der Waals surface area contributed by atoms with E-state index in [1.54, 1.807) is 4.90 Å². The Kier molecular flexibility index (Phi) is 4.57. The Bertz CT molecular complexity index is 799. The molecule has 2 aromatic rings. The maximum absolute atomic E-state index is 13.3. The van der Waals surface area contributed by atoms with Crippen LogP contribution in [0.2, 0.25) is 0 Å². The van der Waals surface area contributed by atoms with Gasteiger partial charge in [0.15, 0.2) is 11.6 Å². The zero-order chi connectivity index (χ0) is 17.9. The van der Waals surface area contributed by atoms with E-state index < -0.39 is 0 Å². The minimum Gasteiger partial charge on any atom is -0.378 e. The van der Waals surface area contributed by atoms with Gasteiger partial charge in [-0.2, -0.15) is 0 Å². The minimum absolute atomic E-state index is 0.0425. The molecule has 1 N–H and O–H groups in total. The number of nitrogens with one attached hydrogen (secondary N) is 1. The van der Waals surface area contributed by atoms with Crippen LogP contribution < -0.4 is 10.2 Å². The van der Waals surface area contributed by atoms with Gasteiger partial charge in [-0.3, -0.25) is 9.59 Å². The first-order chi connectivity index (χ1) is 12.7. The maximum Gasteiger partial charge on any atom is 0.262 e. The lowest BCUT2D eigenvalue weighted by Gasteiger charge is -2.29. The van der Waals surface area contributed by atoms with Gasteiger partial charge in [-0.05, 0) is 0 Å². The normalized spacial score (nSPS) is 17.9. The first kappa shape index (κ1) is 16.6. The molecule has 0 saturated carbocycles. The molecule has 8 heteroatoms. The van der Waals surface area contributed by atoms with E-state index in [0.717, 1.165) is 5.56 Å². The van der Waals surface area contributed by atoms with Crippen molar-refractivity contribution in [2.75, 3.05) is 50.8 Å². The quantitative estimate of drug-likeness (QED) is 0.873. The summed E-state index contributed by atoms with van der Waals surface area (Å²) in [5.74, 6) is 0.558. The molecule has 1 aromatic carbocycles. The molecule has 2 aliphatic heterocycles. The van der Waals surface area contributed by atoms with Crippen LogP contribution in [0.3, 0.4) is 0 Å². The van der Waals surface area contributed by atoms with Gasteiger partial charge in [0.05, 0.1) is 19.8 Å². The number of piperazine rings is 1. The highest BCUT2D eigenvalue weighted by Gasteiger charge is 2.33. The lowest BCUT2D eigenvalue weighted by atomic mass is 10.1. The van der Waals surface area contributed by atoms with Crippen molar-refractivity contribution in [2.24, 2.45) is 0 Å². The zero-order valence-corrected chi connectivity index (χ0v) is 14.3. The predicted octanol–water partition coefficient (Wildman–Crippen LogP) is 0.750. The summed E-state index contributed by atoms with van der Waals surface area (Å²) in [6.45, 7) is 3.39. The number of carbonyl (C=O) groups is 2. The average Bonchev–Trinajstić information content (AvgIpc) is 3.14. The monoisotopic (exact) mass is 356 g/mol. The van der Waals surface area contributed by atoms with Gasteiger partial charge in [-0.15, -0.1) is 0 Å². The number of aromatic nitrogens is 1. The molecule has 2 aliphatic rings. The summed E-state index contributed by atoms with van der Waals surface area (Å²) in [7, 11) is 0. The number of benzene rings is 1. The van der Waals surface area contributed by atoms with E-state index in [1.807, 2.05) is 35.2 Å². The van der Waals surface area contributed by atoms with E-state index in [9.17, 15) is 9.59 Å². The number of morpholine rings is 1. The van der Waals surface area contributed by atoms with E-state index in [0.29, 0.717) is 56.5 Å². The molecule has 8 nitrogen and oxygen atoms in total. The first-order valence-electron chi connectivity index (χ1n) is 8.68. The van der Waals surface area contributed by atoms with Crippen LogP contribution in [0, 0.1) is 0 Å². The van der Waals surface area contributed by atoms with Crippen molar-refractivity contribution in [3.05, 3.63) is 35.9 Å². The van der Waals surface area contributed by atoms with Crippen molar-refractivity contribution in [2.45, 2.75) is 0 Å². The van der Waals surface area contributed by atoms with Gasteiger partial charge in [-0.25, -0.2) is 0 Å². The molecule has 0 radical (unpaired) electrons. The van der Waals surface area contributed by atoms with E-state index in [1.165, 1.54) is 0 Å². The summed E-state index contributed by atoms with van der Waals surface area (Å²) in [5.41, 5.74) is 1.19. The summed E-state index contributed by atoms with van der Waals surface area (Å²) in [6, 6.07) is 9.43. The third-order valence-electron chi connectivity index (χ3n) is 4.56. The zero-order valence-electron chi connectivity index (χ0n) is 14.3. The Hall–Kier alpha value is -2.87. The lowest BCUT2D eigenvalue weighted by Crippen LogP contribution is -2.50. The van der Waals surface area contributed by atoms with Crippen LogP contribution in [0.25, 0.3) is 11.3 Å². The highest BCUT2D eigenvalue weighted by Crippen LogP contribution is 2.33. The largest absolute Gasteiger partial charge is 0.378 e. The molecule has 2 saturated heterocycles. The minimum atomic E-state index is -0.235. The number of amides is 2. The van der Waals surface area contributed by atoms with Crippen LogP contribution in [-0.2, 0) is 9.53 Å². The summed E-state index contributed by atoms with van der Waals surface area (Å²) >= 11 is 0. The number of nitrogens with zero attached hydrogens (tertiary/aromatic N) is 3. The Morgan fingerprint density at radius 3 is 2.62 bits per heavy atom. The second kappa shape index (κ2) is 7.17. The van der Waals surface area contributed by atoms with Gasteiger partial charge in [0.25, 0.3) is 5.91 Å². The van der Waals surface area contributed by atoms with E-state index >= 15 is 0 Å². The summed E-state index contributed by atoms with van der Waals surface area (Å²) in [4.78, 5) is 28.5. The highest BCUT2D eigenvalue weighted by molar-refractivity contribution is 6.05. The van der Waals surface area contributed by atoms with Crippen LogP contribution in [0.15, 0.2) is 34.9 Å². The molecular weight excluding hydrogens is 336 g/mol. The van der Waals surface area contributed by atoms with Crippen LogP contribution in [0.1, 0.15) is 10.4 Å². The molecule has 0 atom stereocenters. The van der Waals surface area contributed by atoms with Gasteiger partial charge < -0.3 is 24.4 Å². The van der Waals surface area contributed by atoms with Gasteiger partial charge >= 0.3 is 0 Å². The number of hydrogen-bond donors (Lipinski definition) is 1. The van der Waals surface area contributed by atoms with Crippen molar-refractivity contribution < 1.29 is 18.8 Å². The molecule has 136 valence electrons. The number of hydrogen-bond acceptors (Lipinski definition) is 6. The van der Waals surface area contributed by atoms with E-state index in [-0.39, 0.29) is 18.4 Å². The summed E-state index contributed by atoms with van der Waals surface area (Å²) in [5, 5.41) is 6.94. The molecule has 1 aromatic heterocycles. The van der Waals surface area contributed by atoms with Crippen LogP contribution >= 0.6 is 0 Å². The Balaban J connectivity index is 1.74. The number of anilines is 1. The second-order valence-corrected chi connectivity index (χ2v) is 6.25. The van der Waals surface area contributed by atoms with Gasteiger partial charge in [-0.1, -0.05) is 35.5 Å². The Labute approximate surface area is 150 Å². The molecule has 0 spiro atoms. The lowest BCUT2D eigenvalue weighted by molar-refractivity contribution is -0.123.